The molecule has 2 amide bonds. The van der Waals surface area contributed by atoms with Gasteiger partial charge >= 0.3 is 12.0 Å². The van der Waals surface area contributed by atoms with E-state index in [4.69, 9.17) is 0 Å². The molecule has 1 atom stereocenters. The van der Waals surface area contributed by atoms with Crippen LogP contribution >= 0.6 is 0 Å². The molecule has 1 heterocycles. The van der Waals surface area contributed by atoms with Crippen LogP contribution in [0.15, 0.2) is 0 Å². The lowest BCUT2D eigenvalue weighted by Crippen LogP contribution is -2.54. The van der Waals surface area contributed by atoms with E-state index in [1.807, 2.05) is 0 Å². The van der Waals surface area contributed by atoms with Crippen molar-refractivity contribution in [3.63, 3.8) is 0 Å². The highest BCUT2D eigenvalue weighted by atomic mass is 16.4. The summed E-state index contributed by atoms with van der Waals surface area (Å²) in [5.41, 5.74) is 0. The predicted molar refractivity (Wildman–Crippen MR) is 71.9 cm³/mol. The first-order valence-corrected chi connectivity index (χ1v) is 7.38. The molecule has 0 radical (unpaired) electrons. The van der Waals surface area contributed by atoms with Gasteiger partial charge in [0, 0.05) is 12.6 Å². The number of carboxylic acids is 1. The first-order valence-electron chi connectivity index (χ1n) is 7.38. The molecule has 2 rings (SSSR count). The van der Waals surface area contributed by atoms with Crippen LogP contribution in [0, 0.1) is 5.92 Å². The lowest BCUT2D eigenvalue weighted by atomic mass is 9.87. The average molecular weight is 268 g/mol. The summed E-state index contributed by atoms with van der Waals surface area (Å²) in [6.45, 7) is 2.80. The Labute approximate surface area is 114 Å². The molecule has 108 valence electrons. The van der Waals surface area contributed by atoms with Crippen LogP contribution in [0.3, 0.4) is 0 Å². The molecule has 19 heavy (non-hydrogen) atoms. The van der Waals surface area contributed by atoms with Crippen LogP contribution in [0.5, 0.6) is 0 Å². The van der Waals surface area contributed by atoms with E-state index in [1.54, 1.807) is 0 Å². The number of amides is 2. The summed E-state index contributed by atoms with van der Waals surface area (Å²) in [6, 6.07) is -0.608. The third-order valence-corrected chi connectivity index (χ3v) is 4.39. The van der Waals surface area contributed by atoms with Crippen LogP contribution in [-0.4, -0.2) is 40.6 Å². The summed E-state index contributed by atoms with van der Waals surface area (Å²) >= 11 is 0. The van der Waals surface area contributed by atoms with E-state index in [0.29, 0.717) is 13.0 Å². The predicted octanol–water partition coefficient (Wildman–Crippen LogP) is 2.21. The molecule has 2 N–H and O–H groups in total. The third kappa shape index (κ3) is 3.61. The second-order valence-electron chi connectivity index (χ2n) is 5.95. The van der Waals surface area contributed by atoms with Gasteiger partial charge in [-0.05, 0) is 50.9 Å². The van der Waals surface area contributed by atoms with Gasteiger partial charge in [0.15, 0.2) is 0 Å². The fourth-order valence-electron chi connectivity index (χ4n) is 3.09. The zero-order valence-corrected chi connectivity index (χ0v) is 11.6. The summed E-state index contributed by atoms with van der Waals surface area (Å²) in [7, 11) is 0. The molecule has 2 aliphatic rings. The first kappa shape index (κ1) is 14.2. The van der Waals surface area contributed by atoms with Gasteiger partial charge in [0.25, 0.3) is 0 Å². The number of likely N-dealkylation sites (tertiary alicyclic amines) is 1. The molecule has 0 bridgehead atoms. The van der Waals surface area contributed by atoms with E-state index < -0.39 is 12.0 Å². The van der Waals surface area contributed by atoms with Crippen molar-refractivity contribution in [2.24, 2.45) is 5.92 Å². The van der Waals surface area contributed by atoms with E-state index in [-0.39, 0.29) is 12.1 Å². The zero-order chi connectivity index (χ0) is 13.8. The first-order chi connectivity index (χ1) is 9.08. The van der Waals surface area contributed by atoms with Crippen molar-refractivity contribution in [3.8, 4) is 0 Å². The number of hydrogen-bond acceptors (Lipinski definition) is 2. The Hall–Kier alpha value is -1.26. The summed E-state index contributed by atoms with van der Waals surface area (Å²) < 4.78 is 0. The van der Waals surface area contributed by atoms with Crippen LogP contribution in [0.4, 0.5) is 4.79 Å². The topological polar surface area (TPSA) is 69.6 Å². The van der Waals surface area contributed by atoms with Gasteiger partial charge in [0.1, 0.15) is 6.04 Å². The second kappa shape index (κ2) is 6.26. The van der Waals surface area contributed by atoms with Crippen molar-refractivity contribution in [1.29, 1.82) is 0 Å². The normalized spacial score (nSPS) is 31.8. The highest BCUT2D eigenvalue weighted by Crippen LogP contribution is 2.24. The maximum Gasteiger partial charge on any atom is 0.326 e. The molecular weight excluding hydrogens is 244 g/mol. The lowest BCUT2D eigenvalue weighted by molar-refractivity contribution is -0.143. The molecule has 0 aromatic rings. The molecular formula is C14H24N2O3. The Morgan fingerprint density at radius 2 is 1.79 bits per heavy atom. The molecule has 1 unspecified atom stereocenters. The highest BCUT2D eigenvalue weighted by Gasteiger charge is 2.33. The zero-order valence-electron chi connectivity index (χ0n) is 11.6. The third-order valence-electron chi connectivity index (χ3n) is 4.39. The molecule has 5 heteroatoms. The minimum atomic E-state index is -0.882. The van der Waals surface area contributed by atoms with Crippen LogP contribution in [0.1, 0.15) is 51.9 Å². The van der Waals surface area contributed by atoms with Crippen molar-refractivity contribution < 1.29 is 14.7 Å². The standard InChI is InChI=1S/C14H24N2O3/c1-10-5-7-11(8-6-10)15-14(19)16-9-3-2-4-12(16)13(17)18/h10-12H,2-9H2,1H3,(H,15,19)(H,17,18). The van der Waals surface area contributed by atoms with Crippen molar-refractivity contribution in [2.75, 3.05) is 6.54 Å². The van der Waals surface area contributed by atoms with Gasteiger partial charge in [-0.15, -0.1) is 0 Å². The lowest BCUT2D eigenvalue weighted by Gasteiger charge is -2.35. The van der Waals surface area contributed by atoms with Crippen molar-refractivity contribution in [1.82, 2.24) is 10.2 Å². The SMILES string of the molecule is CC1CCC(NC(=O)N2CCCCC2C(=O)O)CC1. The van der Waals surface area contributed by atoms with Crippen molar-refractivity contribution >= 4 is 12.0 Å². The molecule has 0 aromatic heterocycles. The number of hydrogen-bond donors (Lipinski definition) is 2. The molecule has 1 aliphatic heterocycles. The number of carbonyl (C=O) groups is 2. The van der Waals surface area contributed by atoms with Crippen molar-refractivity contribution in [3.05, 3.63) is 0 Å². The molecule has 5 nitrogen and oxygen atoms in total. The summed E-state index contributed by atoms with van der Waals surface area (Å²) in [6.07, 6.45) is 6.68. The largest absolute Gasteiger partial charge is 0.480 e. The molecule has 1 aliphatic carbocycles. The fraction of sp³-hybridized carbons (Fsp3) is 0.857. The number of aliphatic carboxylic acids is 1. The Bertz CT molecular complexity index is 338. The van der Waals surface area contributed by atoms with Gasteiger partial charge in [0.05, 0.1) is 0 Å². The number of nitrogens with zero attached hydrogens (tertiary/aromatic N) is 1. The quantitative estimate of drug-likeness (QED) is 0.806. The van der Waals surface area contributed by atoms with Crippen LogP contribution < -0.4 is 5.32 Å². The summed E-state index contributed by atoms with van der Waals surface area (Å²) in [5.74, 6) is -0.137. The van der Waals surface area contributed by atoms with Gasteiger partial charge < -0.3 is 15.3 Å². The maximum absolute atomic E-state index is 12.2. The van der Waals surface area contributed by atoms with Crippen LogP contribution in [0.2, 0.25) is 0 Å². The van der Waals surface area contributed by atoms with Gasteiger partial charge in [-0.3, -0.25) is 0 Å². The Morgan fingerprint density at radius 1 is 1.11 bits per heavy atom. The van der Waals surface area contributed by atoms with Crippen LogP contribution in [-0.2, 0) is 4.79 Å². The Kier molecular flexibility index (Phi) is 4.66. The number of piperidine rings is 1. The number of rotatable bonds is 2. The minimum absolute atomic E-state index is 0.188. The molecule has 0 aromatic carbocycles. The Balaban J connectivity index is 1.89. The molecule has 1 saturated heterocycles. The van der Waals surface area contributed by atoms with E-state index >= 15 is 0 Å². The monoisotopic (exact) mass is 268 g/mol. The summed E-state index contributed by atoms with van der Waals surface area (Å²) in [4.78, 5) is 24.9. The fourth-order valence-corrected chi connectivity index (χ4v) is 3.09. The van der Waals surface area contributed by atoms with E-state index in [1.165, 1.54) is 4.90 Å². The number of carboxylic acid groups (broad SMARTS) is 1. The number of nitrogens with one attached hydrogen (secondary N) is 1. The molecule has 2 fully saturated rings. The summed E-state index contributed by atoms with van der Waals surface area (Å²) in [5, 5.41) is 12.2. The van der Waals surface area contributed by atoms with E-state index in [0.717, 1.165) is 44.4 Å². The minimum Gasteiger partial charge on any atom is -0.480 e. The van der Waals surface area contributed by atoms with Gasteiger partial charge in [-0.2, -0.15) is 0 Å². The highest BCUT2D eigenvalue weighted by molar-refractivity contribution is 5.83. The Morgan fingerprint density at radius 3 is 2.42 bits per heavy atom. The van der Waals surface area contributed by atoms with Gasteiger partial charge in [-0.1, -0.05) is 6.92 Å². The second-order valence-corrected chi connectivity index (χ2v) is 5.95. The molecule has 1 saturated carbocycles. The van der Waals surface area contributed by atoms with Gasteiger partial charge in [0.2, 0.25) is 0 Å². The van der Waals surface area contributed by atoms with E-state index in [2.05, 4.69) is 12.2 Å². The maximum atomic E-state index is 12.2. The average Bonchev–Trinajstić information content (AvgIpc) is 2.41. The smallest absolute Gasteiger partial charge is 0.326 e. The van der Waals surface area contributed by atoms with Gasteiger partial charge in [-0.25, -0.2) is 9.59 Å². The number of urea groups is 1. The van der Waals surface area contributed by atoms with Crippen molar-refractivity contribution in [2.45, 2.75) is 64.0 Å². The van der Waals surface area contributed by atoms with E-state index in [9.17, 15) is 14.7 Å². The van der Waals surface area contributed by atoms with Crippen LogP contribution in [0.25, 0.3) is 0 Å². The molecule has 0 spiro atoms. The number of carbonyl (C=O) groups excluding carboxylic acids is 1.